The molecule has 3 N–H and O–H groups in total. The Bertz CT molecular complexity index is 781. The number of ether oxygens (including phenoxy) is 1. The number of hydrogen-bond donors (Lipinski definition) is 2. The fraction of sp³-hybridized carbons (Fsp3) is 0.0769. The van der Waals surface area contributed by atoms with Gasteiger partial charge in [0.05, 0.1) is 27.9 Å². The van der Waals surface area contributed by atoms with E-state index in [-0.39, 0.29) is 20.7 Å². The molecule has 0 atom stereocenters. The molecule has 0 aliphatic rings. The minimum atomic E-state index is -3.95. The lowest BCUT2D eigenvalue weighted by molar-refractivity contribution is 0.415. The Morgan fingerprint density at radius 2 is 1.95 bits per heavy atom. The van der Waals surface area contributed by atoms with Gasteiger partial charge in [0, 0.05) is 6.07 Å². The number of rotatable bonds is 4. The van der Waals surface area contributed by atoms with Crippen LogP contribution >= 0.6 is 15.9 Å². The van der Waals surface area contributed by atoms with Gasteiger partial charge in [-0.05, 0) is 46.3 Å². The van der Waals surface area contributed by atoms with Crippen LogP contribution in [0, 0.1) is 5.82 Å². The third kappa shape index (κ3) is 3.45. The second-order valence-corrected chi connectivity index (χ2v) is 6.67. The first-order chi connectivity index (χ1) is 9.83. The summed E-state index contributed by atoms with van der Waals surface area (Å²) in [6.07, 6.45) is 0. The normalized spacial score (nSPS) is 11.2. The lowest BCUT2D eigenvalue weighted by atomic mass is 10.2. The van der Waals surface area contributed by atoms with Crippen LogP contribution in [0.1, 0.15) is 0 Å². The number of halogens is 2. The first-order valence-corrected chi connectivity index (χ1v) is 8.02. The van der Waals surface area contributed by atoms with Crippen LogP contribution in [0.4, 0.5) is 15.8 Å². The number of anilines is 2. The van der Waals surface area contributed by atoms with Crippen LogP contribution < -0.4 is 15.2 Å². The lowest BCUT2D eigenvalue weighted by Crippen LogP contribution is -2.14. The van der Waals surface area contributed by atoms with Gasteiger partial charge < -0.3 is 10.5 Å². The van der Waals surface area contributed by atoms with E-state index in [2.05, 4.69) is 20.7 Å². The highest BCUT2D eigenvalue weighted by molar-refractivity contribution is 9.10. The SMILES string of the molecule is COc1ccc(N)c(NS(=O)(=O)c2ccc(Br)c(F)c2)c1. The Kier molecular flexibility index (Phi) is 4.38. The molecule has 0 aliphatic carbocycles. The van der Waals surface area contributed by atoms with Crippen LogP contribution in [0.25, 0.3) is 0 Å². The number of sulfonamides is 1. The van der Waals surface area contributed by atoms with Gasteiger partial charge in [-0.2, -0.15) is 0 Å². The maximum atomic E-state index is 13.5. The van der Waals surface area contributed by atoms with Gasteiger partial charge in [-0.15, -0.1) is 0 Å². The summed E-state index contributed by atoms with van der Waals surface area (Å²) in [6.45, 7) is 0. The Morgan fingerprint density at radius 1 is 1.24 bits per heavy atom. The van der Waals surface area contributed by atoms with Crippen LogP contribution in [0.3, 0.4) is 0 Å². The van der Waals surface area contributed by atoms with Gasteiger partial charge in [0.2, 0.25) is 0 Å². The molecule has 0 fully saturated rings. The van der Waals surface area contributed by atoms with Crippen LogP contribution in [-0.2, 0) is 10.0 Å². The van der Waals surface area contributed by atoms with Crippen molar-refractivity contribution < 1.29 is 17.5 Å². The number of methoxy groups -OCH3 is 1. The summed E-state index contributed by atoms with van der Waals surface area (Å²) in [5, 5.41) is 0. The van der Waals surface area contributed by atoms with Gasteiger partial charge in [0.15, 0.2) is 0 Å². The van der Waals surface area contributed by atoms with Crippen molar-refractivity contribution in [1.29, 1.82) is 0 Å². The molecular weight excluding hydrogens is 363 g/mol. The summed E-state index contributed by atoms with van der Waals surface area (Å²) in [6, 6.07) is 8.08. The summed E-state index contributed by atoms with van der Waals surface area (Å²) in [5.74, 6) is -0.222. The third-order valence-corrected chi connectivity index (χ3v) is 4.71. The zero-order valence-corrected chi connectivity index (χ0v) is 13.3. The highest BCUT2D eigenvalue weighted by Crippen LogP contribution is 2.27. The van der Waals surface area contributed by atoms with Crippen LogP contribution in [-0.4, -0.2) is 15.5 Å². The maximum absolute atomic E-state index is 13.5. The molecule has 8 heteroatoms. The van der Waals surface area contributed by atoms with E-state index in [1.54, 1.807) is 6.07 Å². The minimum Gasteiger partial charge on any atom is -0.497 e. The van der Waals surface area contributed by atoms with Gasteiger partial charge >= 0.3 is 0 Å². The van der Waals surface area contributed by atoms with Crippen molar-refractivity contribution in [2.24, 2.45) is 0 Å². The Hall–Kier alpha value is -1.80. The third-order valence-electron chi connectivity index (χ3n) is 2.71. The predicted molar refractivity (Wildman–Crippen MR) is 82.3 cm³/mol. The van der Waals surface area contributed by atoms with E-state index < -0.39 is 15.8 Å². The molecule has 0 radical (unpaired) electrons. The van der Waals surface area contributed by atoms with Gasteiger partial charge in [-0.1, -0.05) is 0 Å². The zero-order chi connectivity index (χ0) is 15.6. The number of nitrogen functional groups attached to an aromatic ring is 1. The minimum absolute atomic E-state index is 0.165. The van der Waals surface area contributed by atoms with E-state index in [4.69, 9.17) is 10.5 Å². The molecule has 0 saturated carbocycles. The molecule has 2 rings (SSSR count). The number of hydrogen-bond acceptors (Lipinski definition) is 4. The highest BCUT2D eigenvalue weighted by Gasteiger charge is 2.17. The van der Waals surface area contributed by atoms with Crippen molar-refractivity contribution in [3.8, 4) is 5.75 Å². The van der Waals surface area contributed by atoms with Gasteiger partial charge in [-0.3, -0.25) is 4.72 Å². The zero-order valence-electron chi connectivity index (χ0n) is 10.9. The second kappa shape index (κ2) is 5.90. The van der Waals surface area contributed by atoms with E-state index in [1.165, 1.54) is 31.4 Å². The fourth-order valence-corrected chi connectivity index (χ4v) is 2.94. The van der Waals surface area contributed by atoms with E-state index in [9.17, 15) is 12.8 Å². The lowest BCUT2D eigenvalue weighted by Gasteiger charge is -2.12. The van der Waals surface area contributed by atoms with Crippen LogP contribution in [0.5, 0.6) is 5.75 Å². The molecule has 0 spiro atoms. The molecule has 112 valence electrons. The number of nitrogens with one attached hydrogen (secondary N) is 1. The molecule has 2 aromatic carbocycles. The molecule has 0 saturated heterocycles. The van der Waals surface area contributed by atoms with Crippen molar-refractivity contribution in [2.45, 2.75) is 4.90 Å². The molecular formula is C13H12BrFN2O3S. The van der Waals surface area contributed by atoms with Crippen molar-refractivity contribution in [2.75, 3.05) is 17.6 Å². The number of benzene rings is 2. The van der Waals surface area contributed by atoms with Gasteiger partial charge in [0.1, 0.15) is 11.6 Å². The topological polar surface area (TPSA) is 81.4 Å². The summed E-state index contributed by atoms with van der Waals surface area (Å²) < 4.78 is 45.4. The van der Waals surface area contributed by atoms with Gasteiger partial charge in [0.25, 0.3) is 10.0 Å². The molecule has 0 unspecified atom stereocenters. The van der Waals surface area contributed by atoms with Crippen molar-refractivity contribution in [1.82, 2.24) is 0 Å². The van der Waals surface area contributed by atoms with Gasteiger partial charge in [-0.25, -0.2) is 12.8 Å². The first-order valence-electron chi connectivity index (χ1n) is 5.75. The quantitative estimate of drug-likeness (QED) is 0.806. The molecule has 0 aromatic heterocycles. The highest BCUT2D eigenvalue weighted by atomic mass is 79.9. The second-order valence-electron chi connectivity index (χ2n) is 4.13. The summed E-state index contributed by atoms with van der Waals surface area (Å²) in [5.41, 5.74) is 6.12. The molecule has 0 aliphatic heterocycles. The fourth-order valence-electron chi connectivity index (χ4n) is 1.60. The summed E-state index contributed by atoms with van der Waals surface area (Å²) in [4.78, 5) is -0.203. The molecule has 21 heavy (non-hydrogen) atoms. The summed E-state index contributed by atoms with van der Waals surface area (Å²) >= 11 is 2.97. The monoisotopic (exact) mass is 374 g/mol. The Labute approximate surface area is 130 Å². The van der Waals surface area contributed by atoms with Crippen molar-refractivity contribution >= 4 is 37.3 Å². The van der Waals surface area contributed by atoms with E-state index in [0.717, 1.165) is 6.07 Å². The largest absolute Gasteiger partial charge is 0.497 e. The number of nitrogens with two attached hydrogens (primary N) is 1. The van der Waals surface area contributed by atoms with Crippen LogP contribution in [0.2, 0.25) is 0 Å². The van der Waals surface area contributed by atoms with Crippen molar-refractivity contribution in [3.63, 3.8) is 0 Å². The Balaban J connectivity index is 2.39. The molecule has 2 aromatic rings. The van der Waals surface area contributed by atoms with Crippen LogP contribution in [0.15, 0.2) is 45.8 Å². The Morgan fingerprint density at radius 3 is 2.57 bits per heavy atom. The standard InChI is InChI=1S/C13H12BrFN2O3S/c1-20-8-2-5-12(16)13(6-8)17-21(18,19)9-3-4-10(14)11(15)7-9/h2-7,17H,16H2,1H3. The van der Waals surface area contributed by atoms with Crippen molar-refractivity contribution in [3.05, 3.63) is 46.7 Å². The molecule has 0 amide bonds. The predicted octanol–water partition coefficient (Wildman–Crippen LogP) is 2.98. The first kappa shape index (κ1) is 15.6. The average Bonchev–Trinajstić information content (AvgIpc) is 2.44. The van der Waals surface area contributed by atoms with E-state index in [1.807, 2.05) is 0 Å². The maximum Gasteiger partial charge on any atom is 0.262 e. The smallest absolute Gasteiger partial charge is 0.262 e. The molecule has 0 bridgehead atoms. The van der Waals surface area contributed by atoms with E-state index >= 15 is 0 Å². The van der Waals surface area contributed by atoms with E-state index in [0.29, 0.717) is 5.75 Å². The molecule has 5 nitrogen and oxygen atoms in total. The molecule has 0 heterocycles. The average molecular weight is 375 g/mol. The summed E-state index contributed by atoms with van der Waals surface area (Å²) in [7, 11) is -2.49.